The number of carbonyl (C=O) groups excluding carboxylic acids is 1. The molecule has 6 nitrogen and oxygen atoms in total. The highest BCUT2D eigenvalue weighted by molar-refractivity contribution is 5.78. The summed E-state index contributed by atoms with van der Waals surface area (Å²) in [5, 5.41) is 13.8. The Bertz CT molecular complexity index is 919. The fourth-order valence-electron chi connectivity index (χ4n) is 2.91. The van der Waals surface area contributed by atoms with Gasteiger partial charge in [0.05, 0.1) is 11.0 Å². The molecule has 6 heteroatoms. The molecule has 0 radical (unpaired) electrons. The van der Waals surface area contributed by atoms with Crippen molar-refractivity contribution in [1.29, 1.82) is 0 Å². The van der Waals surface area contributed by atoms with Gasteiger partial charge >= 0.3 is 0 Å². The third kappa shape index (κ3) is 4.73. The minimum Gasteiger partial charge on any atom is -0.483 e. The van der Waals surface area contributed by atoms with Gasteiger partial charge in [-0.25, -0.2) is 0 Å². The molecule has 0 spiro atoms. The van der Waals surface area contributed by atoms with Crippen molar-refractivity contribution < 1.29 is 14.5 Å². The summed E-state index contributed by atoms with van der Waals surface area (Å²) in [5.41, 5.74) is 2.52. The topological polar surface area (TPSA) is 81.5 Å². The number of aryl methyl sites for hydroxylation is 1. The third-order valence-electron chi connectivity index (χ3n) is 4.30. The molecule has 0 aliphatic carbocycles. The number of ether oxygens (including phenoxy) is 1. The number of nitro groups is 1. The Morgan fingerprint density at radius 2 is 1.57 bits per heavy atom. The number of rotatable bonds is 7. The summed E-state index contributed by atoms with van der Waals surface area (Å²) in [6.45, 7) is 1.52. The third-order valence-corrected chi connectivity index (χ3v) is 4.30. The monoisotopic (exact) mass is 376 g/mol. The number of non-ortho nitro benzene ring substituents is 1. The molecule has 3 aromatic rings. The van der Waals surface area contributed by atoms with Crippen molar-refractivity contribution in [2.75, 3.05) is 6.61 Å². The zero-order valence-electron chi connectivity index (χ0n) is 15.4. The number of benzene rings is 3. The quantitative estimate of drug-likeness (QED) is 0.495. The number of hydrogen-bond acceptors (Lipinski definition) is 4. The molecule has 3 rings (SSSR count). The molecule has 0 fully saturated rings. The van der Waals surface area contributed by atoms with Crippen molar-refractivity contribution >= 4 is 11.6 Å². The lowest BCUT2D eigenvalue weighted by Gasteiger charge is -2.20. The van der Waals surface area contributed by atoms with E-state index in [1.54, 1.807) is 6.92 Å². The van der Waals surface area contributed by atoms with Gasteiger partial charge < -0.3 is 10.1 Å². The molecule has 28 heavy (non-hydrogen) atoms. The zero-order valence-corrected chi connectivity index (χ0v) is 15.4. The second-order valence-corrected chi connectivity index (χ2v) is 6.32. The largest absolute Gasteiger partial charge is 0.483 e. The maximum absolute atomic E-state index is 12.5. The van der Waals surface area contributed by atoms with Crippen LogP contribution in [-0.2, 0) is 4.79 Å². The predicted octanol–water partition coefficient (Wildman–Crippen LogP) is 4.19. The first-order chi connectivity index (χ1) is 13.5. The van der Waals surface area contributed by atoms with Crippen LogP contribution in [0.3, 0.4) is 0 Å². The molecule has 0 saturated heterocycles. The van der Waals surface area contributed by atoms with Crippen molar-refractivity contribution in [3.05, 3.63) is 106 Å². The van der Waals surface area contributed by atoms with Crippen molar-refractivity contribution in [3.8, 4) is 5.75 Å². The van der Waals surface area contributed by atoms with Crippen LogP contribution in [0.2, 0.25) is 0 Å². The molecule has 1 N–H and O–H groups in total. The lowest BCUT2D eigenvalue weighted by Crippen LogP contribution is -2.33. The van der Waals surface area contributed by atoms with Gasteiger partial charge in [-0.05, 0) is 29.7 Å². The summed E-state index contributed by atoms with van der Waals surface area (Å²) >= 11 is 0. The number of nitrogens with zero attached hydrogens (tertiary/aromatic N) is 1. The van der Waals surface area contributed by atoms with Crippen LogP contribution in [0.5, 0.6) is 5.75 Å². The summed E-state index contributed by atoms with van der Waals surface area (Å²) in [5.74, 6) is 0.159. The number of hydrogen-bond donors (Lipinski definition) is 1. The lowest BCUT2D eigenvalue weighted by molar-refractivity contribution is -0.384. The van der Waals surface area contributed by atoms with Crippen LogP contribution in [0.25, 0.3) is 0 Å². The van der Waals surface area contributed by atoms with E-state index < -0.39 is 4.92 Å². The smallest absolute Gasteiger partial charge is 0.269 e. The van der Waals surface area contributed by atoms with E-state index in [9.17, 15) is 14.9 Å². The van der Waals surface area contributed by atoms with Gasteiger partial charge in [0.15, 0.2) is 6.61 Å². The van der Waals surface area contributed by atoms with Gasteiger partial charge in [-0.2, -0.15) is 0 Å². The molecule has 3 aromatic carbocycles. The van der Waals surface area contributed by atoms with Gasteiger partial charge in [0.1, 0.15) is 5.75 Å². The molecule has 0 atom stereocenters. The summed E-state index contributed by atoms with van der Waals surface area (Å²) in [6, 6.07) is 23.4. The van der Waals surface area contributed by atoms with Crippen molar-refractivity contribution in [2.24, 2.45) is 0 Å². The van der Waals surface area contributed by atoms with E-state index in [2.05, 4.69) is 5.32 Å². The molecule has 1 amide bonds. The highest BCUT2D eigenvalue weighted by Crippen LogP contribution is 2.24. The Labute approximate surface area is 162 Å². The number of nitrogens with one attached hydrogen (secondary N) is 1. The van der Waals surface area contributed by atoms with Gasteiger partial charge in [-0.15, -0.1) is 0 Å². The van der Waals surface area contributed by atoms with Gasteiger partial charge in [-0.1, -0.05) is 60.7 Å². The van der Waals surface area contributed by atoms with Crippen LogP contribution in [0.15, 0.2) is 78.9 Å². The summed E-state index contributed by atoms with van der Waals surface area (Å²) < 4.78 is 5.57. The Morgan fingerprint density at radius 3 is 2.07 bits per heavy atom. The minimum absolute atomic E-state index is 0.0116. The second-order valence-electron chi connectivity index (χ2n) is 6.32. The highest BCUT2D eigenvalue weighted by atomic mass is 16.6. The van der Waals surface area contributed by atoms with Crippen LogP contribution >= 0.6 is 0 Å². The molecule has 0 unspecified atom stereocenters. The Kier molecular flexibility index (Phi) is 6.01. The van der Waals surface area contributed by atoms with Gasteiger partial charge in [0.2, 0.25) is 0 Å². The average molecular weight is 376 g/mol. The number of nitro benzene ring substituents is 1. The molecule has 0 heterocycles. The maximum atomic E-state index is 12.5. The van der Waals surface area contributed by atoms with E-state index in [-0.39, 0.29) is 24.2 Å². The lowest BCUT2D eigenvalue weighted by atomic mass is 9.99. The number of carbonyl (C=O) groups is 1. The Hall–Kier alpha value is -3.67. The van der Waals surface area contributed by atoms with Gasteiger partial charge in [0.25, 0.3) is 11.6 Å². The predicted molar refractivity (Wildman–Crippen MR) is 106 cm³/mol. The molecule has 0 aliphatic rings. The van der Waals surface area contributed by atoms with E-state index in [0.29, 0.717) is 11.3 Å². The molecular weight excluding hydrogens is 356 g/mol. The molecule has 0 saturated carbocycles. The Morgan fingerprint density at radius 1 is 1.00 bits per heavy atom. The first-order valence-electron chi connectivity index (χ1n) is 8.81. The first kappa shape index (κ1) is 19.1. The molecule has 0 aromatic heterocycles. The van der Waals surface area contributed by atoms with Crippen LogP contribution in [0.1, 0.15) is 22.7 Å². The normalized spacial score (nSPS) is 10.5. The molecular formula is C22H20N2O4. The minimum atomic E-state index is -0.464. The standard InChI is InChI=1S/C22H20N2O4/c1-16-14-19(24(26)27)12-13-20(16)28-15-21(25)23-22(17-8-4-2-5-9-17)18-10-6-3-7-11-18/h2-14,22H,15H2,1H3,(H,23,25). The van der Waals surface area contributed by atoms with Crippen molar-refractivity contribution in [1.82, 2.24) is 5.32 Å². The number of amides is 1. The van der Waals surface area contributed by atoms with Gasteiger partial charge in [-0.3, -0.25) is 14.9 Å². The van der Waals surface area contributed by atoms with Crippen LogP contribution in [0.4, 0.5) is 5.69 Å². The van der Waals surface area contributed by atoms with E-state index in [1.807, 2.05) is 60.7 Å². The van der Waals surface area contributed by atoms with Crippen LogP contribution in [-0.4, -0.2) is 17.4 Å². The summed E-state index contributed by atoms with van der Waals surface area (Å²) in [6.07, 6.45) is 0. The van der Waals surface area contributed by atoms with Gasteiger partial charge in [0, 0.05) is 12.1 Å². The molecule has 0 bridgehead atoms. The summed E-state index contributed by atoms with van der Waals surface area (Å²) in [7, 11) is 0. The molecule has 142 valence electrons. The highest BCUT2D eigenvalue weighted by Gasteiger charge is 2.17. The fourth-order valence-corrected chi connectivity index (χ4v) is 2.91. The van der Waals surface area contributed by atoms with Crippen molar-refractivity contribution in [2.45, 2.75) is 13.0 Å². The first-order valence-corrected chi connectivity index (χ1v) is 8.81. The zero-order chi connectivity index (χ0) is 19.9. The van der Waals surface area contributed by atoms with Crippen LogP contribution < -0.4 is 10.1 Å². The van der Waals surface area contributed by atoms with E-state index in [1.165, 1.54) is 18.2 Å². The molecule has 0 aliphatic heterocycles. The Balaban J connectivity index is 1.70. The maximum Gasteiger partial charge on any atom is 0.269 e. The van der Waals surface area contributed by atoms with E-state index in [0.717, 1.165) is 11.1 Å². The van der Waals surface area contributed by atoms with E-state index in [4.69, 9.17) is 4.74 Å². The summed E-state index contributed by atoms with van der Waals surface area (Å²) in [4.78, 5) is 22.9. The average Bonchev–Trinajstić information content (AvgIpc) is 2.72. The van der Waals surface area contributed by atoms with E-state index >= 15 is 0 Å². The SMILES string of the molecule is Cc1cc([N+](=O)[O-])ccc1OCC(=O)NC(c1ccccc1)c1ccccc1. The fraction of sp³-hybridized carbons (Fsp3) is 0.136. The second kappa shape index (κ2) is 8.81. The van der Waals surface area contributed by atoms with Crippen molar-refractivity contribution in [3.63, 3.8) is 0 Å². The van der Waals surface area contributed by atoms with Crippen LogP contribution in [0, 0.1) is 17.0 Å².